The first kappa shape index (κ1) is 16.1. The number of benzene rings is 1. The number of carbonyl (C=O) groups excluding carboxylic acids is 1. The average Bonchev–Trinajstić information content (AvgIpc) is 3.36. The van der Waals surface area contributed by atoms with Gasteiger partial charge in [-0.1, -0.05) is 18.2 Å². The van der Waals surface area contributed by atoms with E-state index in [0.29, 0.717) is 11.4 Å². The largest absolute Gasteiger partial charge is 0.459 e. The molecule has 1 unspecified atom stereocenters. The number of rotatable bonds is 4. The maximum absolute atomic E-state index is 12.9. The molecule has 0 aliphatic carbocycles. The summed E-state index contributed by atoms with van der Waals surface area (Å²) >= 11 is 0. The van der Waals surface area contributed by atoms with E-state index in [1.165, 1.54) is 0 Å². The number of furan rings is 1. The van der Waals surface area contributed by atoms with Crippen LogP contribution in [0, 0.1) is 0 Å². The van der Waals surface area contributed by atoms with Crippen LogP contribution in [-0.4, -0.2) is 32.4 Å². The van der Waals surface area contributed by atoms with Crippen molar-refractivity contribution in [1.29, 1.82) is 0 Å². The molecule has 0 bridgehead atoms. The third kappa shape index (κ3) is 2.86. The molecule has 1 amide bonds. The summed E-state index contributed by atoms with van der Waals surface area (Å²) < 4.78 is 7.66. The SMILES string of the molecule is CC(c1cc2ccccc2o1)N(C)C(=O)c1ccnc(-n2ccnc2)c1. The average molecular weight is 346 g/mol. The summed E-state index contributed by atoms with van der Waals surface area (Å²) in [6.07, 6.45) is 6.74. The Labute approximate surface area is 150 Å². The minimum absolute atomic E-state index is 0.0956. The highest BCUT2D eigenvalue weighted by molar-refractivity contribution is 5.94. The van der Waals surface area contributed by atoms with Crippen LogP contribution < -0.4 is 0 Å². The molecule has 0 aliphatic heterocycles. The molecule has 0 radical (unpaired) electrons. The van der Waals surface area contributed by atoms with Gasteiger partial charge in [0.05, 0.1) is 6.04 Å². The van der Waals surface area contributed by atoms with Gasteiger partial charge >= 0.3 is 0 Å². The van der Waals surface area contributed by atoms with Gasteiger partial charge in [0.2, 0.25) is 0 Å². The van der Waals surface area contributed by atoms with Crippen LogP contribution in [0.25, 0.3) is 16.8 Å². The number of carbonyl (C=O) groups is 1. The van der Waals surface area contributed by atoms with Crippen LogP contribution >= 0.6 is 0 Å². The Morgan fingerprint density at radius 2 is 2.04 bits per heavy atom. The van der Waals surface area contributed by atoms with Crippen molar-refractivity contribution >= 4 is 16.9 Å². The van der Waals surface area contributed by atoms with E-state index >= 15 is 0 Å². The number of aromatic nitrogens is 3. The lowest BCUT2D eigenvalue weighted by atomic mass is 10.1. The number of fused-ring (bicyclic) bond motifs is 1. The summed E-state index contributed by atoms with van der Waals surface area (Å²) in [6, 6.07) is 13.1. The van der Waals surface area contributed by atoms with Crippen molar-refractivity contribution in [2.75, 3.05) is 7.05 Å². The van der Waals surface area contributed by atoms with Gasteiger partial charge in [-0.2, -0.15) is 0 Å². The summed E-state index contributed by atoms with van der Waals surface area (Å²) in [5.41, 5.74) is 1.38. The molecule has 0 aliphatic rings. The van der Waals surface area contributed by atoms with E-state index in [1.54, 1.807) is 53.6 Å². The molecule has 130 valence electrons. The Hall–Kier alpha value is -3.41. The number of hydrogen-bond acceptors (Lipinski definition) is 4. The van der Waals surface area contributed by atoms with Gasteiger partial charge in [-0.3, -0.25) is 9.36 Å². The summed E-state index contributed by atoms with van der Waals surface area (Å²) in [6.45, 7) is 1.95. The van der Waals surface area contributed by atoms with E-state index in [4.69, 9.17) is 4.42 Å². The van der Waals surface area contributed by atoms with Crippen molar-refractivity contribution in [1.82, 2.24) is 19.4 Å². The molecule has 0 fully saturated rings. The Bertz CT molecular complexity index is 1020. The molecule has 4 aromatic rings. The smallest absolute Gasteiger partial charge is 0.254 e. The van der Waals surface area contributed by atoms with E-state index in [-0.39, 0.29) is 11.9 Å². The molecule has 0 spiro atoms. The number of nitrogens with zero attached hydrogens (tertiary/aromatic N) is 4. The first-order valence-electron chi connectivity index (χ1n) is 8.33. The molecular formula is C20H18N4O2. The molecular weight excluding hydrogens is 328 g/mol. The number of hydrogen-bond donors (Lipinski definition) is 0. The lowest BCUT2D eigenvalue weighted by molar-refractivity contribution is 0.0727. The molecule has 1 atom stereocenters. The van der Waals surface area contributed by atoms with Crippen LogP contribution in [0.3, 0.4) is 0 Å². The zero-order chi connectivity index (χ0) is 18.1. The minimum atomic E-state index is -0.195. The monoisotopic (exact) mass is 346 g/mol. The normalized spacial score (nSPS) is 12.2. The molecule has 1 aromatic carbocycles. The quantitative estimate of drug-likeness (QED) is 0.563. The van der Waals surface area contributed by atoms with Gasteiger partial charge in [0.25, 0.3) is 5.91 Å². The lowest BCUT2D eigenvalue weighted by Crippen LogP contribution is -2.29. The standard InChI is InChI=1S/C20H18N4O2/c1-14(18-11-15-5-3-4-6-17(15)26-18)23(2)20(25)16-7-8-22-19(12-16)24-10-9-21-13-24/h3-14H,1-2H3. The fourth-order valence-electron chi connectivity index (χ4n) is 2.87. The Balaban J connectivity index is 1.60. The van der Waals surface area contributed by atoms with Crippen LogP contribution in [0.15, 0.2) is 71.8 Å². The van der Waals surface area contributed by atoms with Gasteiger partial charge in [0.15, 0.2) is 0 Å². The maximum Gasteiger partial charge on any atom is 0.254 e. The van der Waals surface area contributed by atoms with Crippen LogP contribution in [0.5, 0.6) is 0 Å². The molecule has 3 heterocycles. The molecule has 0 N–H and O–H groups in total. The van der Waals surface area contributed by atoms with Gasteiger partial charge in [0, 0.05) is 36.6 Å². The highest BCUT2D eigenvalue weighted by Crippen LogP contribution is 2.27. The molecule has 26 heavy (non-hydrogen) atoms. The Morgan fingerprint density at radius 1 is 1.19 bits per heavy atom. The number of para-hydroxylation sites is 1. The van der Waals surface area contributed by atoms with Crippen molar-refractivity contribution in [2.45, 2.75) is 13.0 Å². The van der Waals surface area contributed by atoms with Gasteiger partial charge in [0.1, 0.15) is 23.5 Å². The predicted molar refractivity (Wildman–Crippen MR) is 98.1 cm³/mol. The van der Waals surface area contributed by atoms with E-state index in [9.17, 15) is 4.79 Å². The first-order chi connectivity index (χ1) is 12.6. The van der Waals surface area contributed by atoms with Crippen molar-refractivity contribution in [3.05, 3.63) is 78.7 Å². The zero-order valence-electron chi connectivity index (χ0n) is 14.5. The highest BCUT2D eigenvalue weighted by atomic mass is 16.3. The van der Waals surface area contributed by atoms with Crippen molar-refractivity contribution in [3.63, 3.8) is 0 Å². The maximum atomic E-state index is 12.9. The minimum Gasteiger partial charge on any atom is -0.459 e. The second kappa shape index (κ2) is 6.48. The van der Waals surface area contributed by atoms with Crippen LogP contribution in [-0.2, 0) is 0 Å². The van der Waals surface area contributed by atoms with Crippen LogP contribution in [0.4, 0.5) is 0 Å². The fraction of sp³-hybridized carbons (Fsp3) is 0.150. The van der Waals surface area contributed by atoms with Gasteiger partial charge in [-0.15, -0.1) is 0 Å². The van der Waals surface area contributed by atoms with Gasteiger partial charge in [-0.25, -0.2) is 9.97 Å². The zero-order valence-corrected chi connectivity index (χ0v) is 14.5. The highest BCUT2D eigenvalue weighted by Gasteiger charge is 2.22. The molecule has 0 saturated carbocycles. The van der Waals surface area contributed by atoms with Crippen LogP contribution in [0.2, 0.25) is 0 Å². The number of amides is 1. The van der Waals surface area contributed by atoms with Gasteiger partial charge < -0.3 is 9.32 Å². The van der Waals surface area contributed by atoms with E-state index in [1.807, 2.05) is 37.3 Å². The fourth-order valence-corrected chi connectivity index (χ4v) is 2.87. The Morgan fingerprint density at radius 3 is 2.81 bits per heavy atom. The second-order valence-corrected chi connectivity index (χ2v) is 6.15. The van der Waals surface area contributed by atoms with E-state index in [0.717, 1.165) is 16.7 Å². The summed E-state index contributed by atoms with van der Waals surface area (Å²) in [7, 11) is 1.78. The third-order valence-electron chi connectivity index (χ3n) is 4.52. The predicted octanol–water partition coefficient (Wildman–Crippen LogP) is 3.85. The number of pyridine rings is 1. The summed E-state index contributed by atoms with van der Waals surface area (Å²) in [5.74, 6) is 1.31. The molecule has 3 aromatic heterocycles. The van der Waals surface area contributed by atoms with Crippen molar-refractivity contribution in [3.8, 4) is 5.82 Å². The Kier molecular flexibility index (Phi) is 4.01. The summed E-state index contributed by atoms with van der Waals surface area (Å²) in [4.78, 5) is 22.9. The van der Waals surface area contributed by atoms with Gasteiger partial charge in [-0.05, 0) is 31.2 Å². The second-order valence-electron chi connectivity index (χ2n) is 6.15. The number of imidazole rings is 1. The van der Waals surface area contributed by atoms with E-state index < -0.39 is 0 Å². The third-order valence-corrected chi connectivity index (χ3v) is 4.52. The molecule has 6 heteroatoms. The molecule has 6 nitrogen and oxygen atoms in total. The van der Waals surface area contributed by atoms with Crippen LogP contribution in [0.1, 0.15) is 29.1 Å². The first-order valence-corrected chi connectivity index (χ1v) is 8.33. The summed E-state index contributed by atoms with van der Waals surface area (Å²) in [5, 5.41) is 1.03. The molecule has 4 rings (SSSR count). The van der Waals surface area contributed by atoms with Crippen molar-refractivity contribution in [2.24, 2.45) is 0 Å². The van der Waals surface area contributed by atoms with E-state index in [2.05, 4.69) is 9.97 Å². The topological polar surface area (TPSA) is 64.2 Å². The molecule has 0 saturated heterocycles. The van der Waals surface area contributed by atoms with Crippen molar-refractivity contribution < 1.29 is 9.21 Å². The lowest BCUT2D eigenvalue weighted by Gasteiger charge is -2.23.